The second-order valence-electron chi connectivity index (χ2n) is 7.84. The number of benzene rings is 1. The Morgan fingerprint density at radius 3 is 2.38 bits per heavy atom. The fourth-order valence-corrected chi connectivity index (χ4v) is 2.83. The number of carbonyl (C=O) groups is 1. The normalized spacial score (nSPS) is 17.3. The molecular weight excluding hydrogens is 381 g/mol. The molecular formula is C20H23BF2N2O4. The lowest BCUT2D eigenvalue weighted by atomic mass is 9.78. The Kier molecular flexibility index (Phi) is 5.64. The minimum Gasteiger partial charge on any atom is -0.479 e. The molecule has 1 aromatic heterocycles. The Morgan fingerprint density at radius 2 is 1.79 bits per heavy atom. The maximum Gasteiger partial charge on any atom is 0.494 e. The first-order valence-corrected chi connectivity index (χ1v) is 9.16. The van der Waals surface area contributed by atoms with E-state index in [1.54, 1.807) is 0 Å². The van der Waals surface area contributed by atoms with Crippen LogP contribution in [0.25, 0.3) is 0 Å². The van der Waals surface area contributed by atoms with Crippen molar-refractivity contribution in [2.24, 2.45) is 0 Å². The van der Waals surface area contributed by atoms with Crippen molar-refractivity contribution >= 4 is 18.5 Å². The molecule has 0 saturated carbocycles. The molecule has 0 spiro atoms. The fraction of sp³-hybridized carbons (Fsp3) is 0.400. The third-order valence-corrected chi connectivity index (χ3v) is 5.27. The molecule has 1 fully saturated rings. The van der Waals surface area contributed by atoms with Crippen molar-refractivity contribution in [3.8, 4) is 5.88 Å². The highest BCUT2D eigenvalue weighted by Crippen LogP contribution is 2.36. The van der Waals surface area contributed by atoms with Crippen molar-refractivity contribution in [1.29, 1.82) is 0 Å². The zero-order valence-corrected chi connectivity index (χ0v) is 17.0. The SMILES string of the molecule is COc1ncc(CNC(=O)c2cc(B3OC(C)(C)C(C)(C)O3)ccc2F)cc1F. The van der Waals surface area contributed by atoms with E-state index in [4.69, 9.17) is 14.0 Å². The van der Waals surface area contributed by atoms with Crippen LogP contribution in [0.2, 0.25) is 0 Å². The third-order valence-electron chi connectivity index (χ3n) is 5.27. The van der Waals surface area contributed by atoms with E-state index in [0.29, 0.717) is 11.0 Å². The zero-order valence-electron chi connectivity index (χ0n) is 17.0. The van der Waals surface area contributed by atoms with Crippen LogP contribution < -0.4 is 15.5 Å². The van der Waals surface area contributed by atoms with E-state index < -0.39 is 35.9 Å². The molecule has 2 heterocycles. The summed E-state index contributed by atoms with van der Waals surface area (Å²) in [7, 11) is 0.592. The summed E-state index contributed by atoms with van der Waals surface area (Å²) in [6, 6.07) is 5.32. The molecule has 1 aliphatic heterocycles. The van der Waals surface area contributed by atoms with Crippen molar-refractivity contribution in [2.75, 3.05) is 7.11 Å². The van der Waals surface area contributed by atoms with E-state index in [1.165, 1.54) is 37.6 Å². The standard InChI is InChI=1S/C20H23BF2N2O4/c1-19(2)20(3,4)29-21(28-19)13-6-7-15(22)14(9-13)17(26)24-10-12-8-16(23)18(27-5)25-11-12/h6-9,11H,10H2,1-5H3,(H,24,26). The number of nitrogens with one attached hydrogen (secondary N) is 1. The van der Waals surface area contributed by atoms with Gasteiger partial charge in [0.05, 0.1) is 23.9 Å². The van der Waals surface area contributed by atoms with Gasteiger partial charge in [0.25, 0.3) is 5.91 Å². The van der Waals surface area contributed by atoms with Gasteiger partial charge in [-0.1, -0.05) is 6.07 Å². The minimum atomic E-state index is -0.716. The van der Waals surface area contributed by atoms with Gasteiger partial charge in [-0.25, -0.2) is 13.8 Å². The molecule has 0 bridgehead atoms. The Morgan fingerprint density at radius 1 is 1.14 bits per heavy atom. The number of hydrogen-bond donors (Lipinski definition) is 1. The highest BCUT2D eigenvalue weighted by molar-refractivity contribution is 6.62. The molecule has 0 unspecified atom stereocenters. The quantitative estimate of drug-likeness (QED) is 0.776. The van der Waals surface area contributed by atoms with Gasteiger partial charge in [-0.3, -0.25) is 4.79 Å². The van der Waals surface area contributed by atoms with Crippen LogP contribution in [0.4, 0.5) is 8.78 Å². The topological polar surface area (TPSA) is 69.7 Å². The number of halogens is 2. The molecule has 0 aliphatic carbocycles. The summed E-state index contributed by atoms with van der Waals surface area (Å²) in [6.07, 6.45) is 1.37. The first-order valence-electron chi connectivity index (χ1n) is 9.16. The fourth-order valence-electron chi connectivity index (χ4n) is 2.83. The highest BCUT2D eigenvalue weighted by atomic mass is 19.1. The van der Waals surface area contributed by atoms with E-state index in [9.17, 15) is 13.6 Å². The summed E-state index contributed by atoms with van der Waals surface area (Å²) in [4.78, 5) is 16.3. The first kappa shape index (κ1) is 21.2. The summed E-state index contributed by atoms with van der Waals surface area (Å²) in [6.45, 7) is 7.61. The number of pyridine rings is 1. The molecule has 3 rings (SSSR count). The molecule has 1 aromatic carbocycles. The lowest BCUT2D eigenvalue weighted by Crippen LogP contribution is -2.41. The molecule has 1 saturated heterocycles. The van der Waals surface area contributed by atoms with Gasteiger partial charge in [-0.05, 0) is 56.9 Å². The summed E-state index contributed by atoms with van der Waals surface area (Å²) < 4.78 is 44.7. The van der Waals surface area contributed by atoms with Gasteiger partial charge in [0.2, 0.25) is 5.88 Å². The van der Waals surface area contributed by atoms with E-state index in [0.717, 1.165) is 0 Å². The smallest absolute Gasteiger partial charge is 0.479 e. The second-order valence-corrected chi connectivity index (χ2v) is 7.84. The van der Waals surface area contributed by atoms with Crippen LogP contribution in [0, 0.1) is 11.6 Å². The van der Waals surface area contributed by atoms with Crippen LogP contribution in [-0.4, -0.2) is 36.3 Å². The maximum absolute atomic E-state index is 14.3. The maximum atomic E-state index is 14.3. The predicted octanol–water partition coefficient (Wildman–Crippen LogP) is 2.60. The zero-order chi connectivity index (χ0) is 21.4. The van der Waals surface area contributed by atoms with Crippen molar-refractivity contribution in [3.63, 3.8) is 0 Å². The summed E-state index contributed by atoms with van der Waals surface area (Å²) in [5.74, 6) is -2.10. The Bertz CT molecular complexity index is 921. The summed E-state index contributed by atoms with van der Waals surface area (Å²) >= 11 is 0. The largest absolute Gasteiger partial charge is 0.494 e. The molecule has 0 atom stereocenters. The lowest BCUT2D eigenvalue weighted by Gasteiger charge is -2.32. The molecule has 6 nitrogen and oxygen atoms in total. The van der Waals surface area contributed by atoms with Gasteiger partial charge < -0.3 is 19.4 Å². The van der Waals surface area contributed by atoms with E-state index in [2.05, 4.69) is 10.3 Å². The minimum absolute atomic E-state index is 0.0209. The first-order chi connectivity index (χ1) is 13.5. The van der Waals surface area contributed by atoms with Crippen LogP contribution in [-0.2, 0) is 15.9 Å². The van der Waals surface area contributed by atoms with Crippen molar-refractivity contribution in [3.05, 3.63) is 53.2 Å². The van der Waals surface area contributed by atoms with Gasteiger partial charge in [0, 0.05) is 12.7 Å². The number of aromatic nitrogens is 1. The van der Waals surface area contributed by atoms with E-state index in [-0.39, 0.29) is 18.0 Å². The number of nitrogens with zero attached hydrogens (tertiary/aromatic N) is 1. The average molecular weight is 404 g/mol. The number of rotatable bonds is 5. The van der Waals surface area contributed by atoms with Crippen molar-refractivity contribution < 1.29 is 27.6 Å². The molecule has 1 amide bonds. The van der Waals surface area contributed by atoms with Gasteiger partial charge >= 0.3 is 7.12 Å². The monoisotopic (exact) mass is 404 g/mol. The average Bonchev–Trinajstić information content (AvgIpc) is 2.87. The van der Waals surface area contributed by atoms with Crippen LogP contribution in [0.15, 0.2) is 30.5 Å². The summed E-state index contributed by atoms with van der Waals surface area (Å²) in [5, 5.41) is 2.56. The van der Waals surface area contributed by atoms with Gasteiger partial charge in [-0.2, -0.15) is 0 Å². The molecule has 9 heteroatoms. The van der Waals surface area contributed by atoms with Crippen LogP contribution in [0.1, 0.15) is 43.6 Å². The lowest BCUT2D eigenvalue weighted by molar-refractivity contribution is 0.00578. The molecule has 1 N–H and O–H groups in total. The molecule has 2 aromatic rings. The Hall–Kier alpha value is -2.52. The summed E-state index contributed by atoms with van der Waals surface area (Å²) in [5.41, 5.74) is -0.314. The predicted molar refractivity (Wildman–Crippen MR) is 104 cm³/mol. The van der Waals surface area contributed by atoms with Crippen LogP contribution >= 0.6 is 0 Å². The van der Waals surface area contributed by atoms with Crippen LogP contribution in [0.5, 0.6) is 5.88 Å². The molecule has 1 aliphatic rings. The van der Waals surface area contributed by atoms with Gasteiger partial charge in [0.15, 0.2) is 5.82 Å². The second kappa shape index (κ2) is 7.72. The van der Waals surface area contributed by atoms with Gasteiger partial charge in [-0.15, -0.1) is 0 Å². The van der Waals surface area contributed by atoms with E-state index >= 15 is 0 Å². The number of amides is 1. The Balaban J connectivity index is 1.74. The number of carbonyl (C=O) groups excluding carboxylic acids is 1. The number of hydrogen-bond acceptors (Lipinski definition) is 5. The molecule has 154 valence electrons. The van der Waals surface area contributed by atoms with E-state index in [1.807, 2.05) is 27.7 Å². The van der Waals surface area contributed by atoms with Crippen molar-refractivity contribution in [2.45, 2.75) is 45.4 Å². The molecule has 0 radical (unpaired) electrons. The highest BCUT2D eigenvalue weighted by Gasteiger charge is 2.51. The number of methoxy groups -OCH3 is 1. The van der Waals surface area contributed by atoms with Crippen LogP contribution in [0.3, 0.4) is 0 Å². The van der Waals surface area contributed by atoms with Crippen molar-refractivity contribution in [1.82, 2.24) is 10.3 Å². The number of ether oxygens (including phenoxy) is 1. The van der Waals surface area contributed by atoms with Gasteiger partial charge in [0.1, 0.15) is 5.82 Å². The Labute approximate surface area is 168 Å². The molecule has 29 heavy (non-hydrogen) atoms. The third kappa shape index (κ3) is 4.25.